The van der Waals surface area contributed by atoms with Crippen LogP contribution in [0.4, 0.5) is 0 Å². The number of aliphatic imine (C=N–C) groups is 1. The number of nitrogens with one attached hydrogen (secondary N) is 2. The normalized spacial score (nSPS) is 21.5. The third kappa shape index (κ3) is 5.38. The highest BCUT2D eigenvalue weighted by Crippen LogP contribution is 2.28. The summed E-state index contributed by atoms with van der Waals surface area (Å²) in [7, 11) is 1.81. The van der Waals surface area contributed by atoms with Crippen LogP contribution in [0, 0.1) is 5.92 Å². The van der Waals surface area contributed by atoms with Crippen molar-refractivity contribution in [3.63, 3.8) is 0 Å². The summed E-state index contributed by atoms with van der Waals surface area (Å²) in [5, 5.41) is 6.80. The van der Waals surface area contributed by atoms with E-state index in [0.29, 0.717) is 12.6 Å². The van der Waals surface area contributed by atoms with Crippen LogP contribution in [0.3, 0.4) is 0 Å². The van der Waals surface area contributed by atoms with Gasteiger partial charge in [0.2, 0.25) is 0 Å². The number of rotatable bonds is 6. The van der Waals surface area contributed by atoms with Crippen molar-refractivity contribution in [3.8, 4) is 0 Å². The molecule has 4 heteroatoms. The van der Waals surface area contributed by atoms with E-state index in [9.17, 15) is 0 Å². The molecule has 0 aliphatic heterocycles. The Hall–Kier alpha value is -1.55. The third-order valence-corrected chi connectivity index (χ3v) is 3.69. The summed E-state index contributed by atoms with van der Waals surface area (Å²) >= 11 is 0. The molecule has 0 spiro atoms. The summed E-state index contributed by atoms with van der Waals surface area (Å²) < 4.78 is 5.65. The molecule has 2 atom stereocenters. The van der Waals surface area contributed by atoms with Gasteiger partial charge in [0, 0.05) is 19.6 Å². The van der Waals surface area contributed by atoms with Gasteiger partial charge in [-0.05, 0) is 37.3 Å². The molecule has 1 aliphatic carbocycles. The maximum absolute atomic E-state index is 5.65. The lowest BCUT2D eigenvalue weighted by molar-refractivity contribution is 0.0657. The van der Waals surface area contributed by atoms with Gasteiger partial charge < -0.3 is 15.4 Å². The van der Waals surface area contributed by atoms with Crippen molar-refractivity contribution >= 4 is 5.96 Å². The van der Waals surface area contributed by atoms with Crippen LogP contribution in [0.25, 0.3) is 0 Å². The van der Waals surface area contributed by atoms with E-state index in [-0.39, 0.29) is 6.10 Å². The summed E-state index contributed by atoms with van der Waals surface area (Å²) in [5.74, 6) is 1.65. The fourth-order valence-electron chi connectivity index (χ4n) is 2.17. The van der Waals surface area contributed by atoms with E-state index in [1.807, 2.05) is 7.05 Å². The highest BCUT2D eigenvalue weighted by atomic mass is 16.5. The Morgan fingerprint density at radius 2 is 2.10 bits per heavy atom. The summed E-state index contributed by atoms with van der Waals surface area (Å²) in [6.07, 6.45) is 1.50. The molecular formula is C17H27N3O. The topological polar surface area (TPSA) is 45.7 Å². The minimum absolute atomic E-state index is 0.260. The molecule has 2 unspecified atom stereocenters. The molecule has 0 heterocycles. The van der Waals surface area contributed by atoms with Crippen LogP contribution >= 0.6 is 0 Å². The van der Waals surface area contributed by atoms with Gasteiger partial charge in [0.05, 0.1) is 12.7 Å². The average molecular weight is 289 g/mol. The van der Waals surface area contributed by atoms with Crippen molar-refractivity contribution in [3.05, 3.63) is 35.4 Å². The summed E-state index contributed by atoms with van der Waals surface area (Å²) in [6, 6.07) is 9.07. The van der Waals surface area contributed by atoms with Gasteiger partial charge in [-0.3, -0.25) is 4.99 Å². The fourth-order valence-corrected chi connectivity index (χ4v) is 2.17. The van der Waals surface area contributed by atoms with Gasteiger partial charge >= 0.3 is 0 Å². The summed E-state index contributed by atoms with van der Waals surface area (Å²) in [4.78, 5) is 4.27. The van der Waals surface area contributed by atoms with Crippen LogP contribution in [0.15, 0.2) is 29.3 Å². The molecule has 2 N–H and O–H groups in total. The molecule has 0 amide bonds. The molecule has 21 heavy (non-hydrogen) atoms. The van der Waals surface area contributed by atoms with Crippen molar-refractivity contribution < 1.29 is 4.74 Å². The first-order valence-electron chi connectivity index (χ1n) is 7.75. The van der Waals surface area contributed by atoms with Gasteiger partial charge in [0.1, 0.15) is 0 Å². The van der Waals surface area contributed by atoms with Crippen molar-refractivity contribution in [2.45, 2.75) is 52.5 Å². The van der Waals surface area contributed by atoms with Crippen molar-refractivity contribution in [1.29, 1.82) is 0 Å². The van der Waals surface area contributed by atoms with Crippen LogP contribution in [-0.4, -0.2) is 25.2 Å². The third-order valence-electron chi connectivity index (χ3n) is 3.69. The molecule has 0 radical (unpaired) electrons. The van der Waals surface area contributed by atoms with E-state index in [0.717, 1.165) is 18.4 Å². The maximum Gasteiger partial charge on any atom is 0.191 e. The molecule has 0 aromatic heterocycles. The number of benzene rings is 1. The Morgan fingerprint density at radius 3 is 2.71 bits per heavy atom. The smallest absolute Gasteiger partial charge is 0.191 e. The Kier molecular flexibility index (Phi) is 5.62. The fraction of sp³-hybridized carbons (Fsp3) is 0.588. The highest BCUT2D eigenvalue weighted by molar-refractivity contribution is 5.80. The molecule has 1 aromatic rings. The molecule has 1 fully saturated rings. The Balaban J connectivity index is 1.82. The van der Waals surface area contributed by atoms with E-state index in [4.69, 9.17) is 4.74 Å². The maximum atomic E-state index is 5.65. The highest BCUT2D eigenvalue weighted by Gasteiger charge is 2.33. The zero-order valence-corrected chi connectivity index (χ0v) is 13.5. The first-order chi connectivity index (χ1) is 10.1. The van der Waals surface area contributed by atoms with Crippen molar-refractivity contribution in [2.75, 3.05) is 7.05 Å². The molecule has 1 saturated carbocycles. The quantitative estimate of drug-likeness (QED) is 0.625. The van der Waals surface area contributed by atoms with Crippen LogP contribution in [0.1, 0.15) is 38.3 Å². The zero-order chi connectivity index (χ0) is 15.2. The van der Waals surface area contributed by atoms with Gasteiger partial charge in [0.15, 0.2) is 5.96 Å². The largest absolute Gasteiger partial charge is 0.374 e. The molecular weight excluding hydrogens is 262 g/mol. The van der Waals surface area contributed by atoms with Crippen LogP contribution in [0.5, 0.6) is 0 Å². The Morgan fingerprint density at radius 1 is 1.38 bits per heavy atom. The second-order valence-corrected chi connectivity index (χ2v) is 6.07. The number of nitrogens with zero attached hydrogens (tertiary/aromatic N) is 1. The van der Waals surface area contributed by atoms with Crippen LogP contribution < -0.4 is 10.6 Å². The molecule has 0 saturated heterocycles. The second-order valence-electron chi connectivity index (χ2n) is 6.07. The number of guanidine groups is 1. The molecule has 4 nitrogen and oxygen atoms in total. The Bertz CT molecular complexity index is 485. The minimum atomic E-state index is 0.260. The second kappa shape index (κ2) is 7.46. The number of hydrogen-bond donors (Lipinski definition) is 2. The van der Waals surface area contributed by atoms with Gasteiger partial charge in [-0.25, -0.2) is 0 Å². The summed E-state index contributed by atoms with van der Waals surface area (Å²) in [6.45, 7) is 7.80. The van der Waals surface area contributed by atoms with Crippen LogP contribution in [0.2, 0.25) is 0 Å². The lowest BCUT2D eigenvalue weighted by Crippen LogP contribution is -2.38. The predicted molar refractivity (Wildman–Crippen MR) is 87.3 cm³/mol. The SMILES string of the molecule is CN=C(NCc1cccc(COC(C)C)c1)NC1CC1C. The van der Waals surface area contributed by atoms with E-state index < -0.39 is 0 Å². The number of ether oxygens (including phenoxy) is 1. The molecule has 116 valence electrons. The van der Waals surface area contributed by atoms with Gasteiger partial charge in [-0.15, -0.1) is 0 Å². The predicted octanol–water partition coefficient (Wildman–Crippen LogP) is 2.69. The van der Waals surface area contributed by atoms with E-state index in [1.165, 1.54) is 17.5 Å². The van der Waals surface area contributed by atoms with Crippen molar-refractivity contribution in [1.82, 2.24) is 10.6 Å². The van der Waals surface area contributed by atoms with E-state index in [1.54, 1.807) is 0 Å². The molecule has 1 aromatic carbocycles. The first-order valence-corrected chi connectivity index (χ1v) is 7.75. The van der Waals surface area contributed by atoms with Gasteiger partial charge in [-0.1, -0.05) is 31.2 Å². The van der Waals surface area contributed by atoms with E-state index in [2.05, 4.69) is 60.7 Å². The van der Waals surface area contributed by atoms with Crippen molar-refractivity contribution in [2.24, 2.45) is 10.9 Å². The lowest BCUT2D eigenvalue weighted by Gasteiger charge is -2.13. The standard InChI is InChI=1S/C17H27N3O/c1-12(2)21-11-15-7-5-6-14(9-15)10-19-17(18-4)20-16-8-13(16)3/h5-7,9,12-13,16H,8,10-11H2,1-4H3,(H2,18,19,20). The molecule has 1 aliphatic rings. The summed E-state index contributed by atoms with van der Waals surface area (Å²) in [5.41, 5.74) is 2.45. The van der Waals surface area contributed by atoms with Gasteiger partial charge in [0.25, 0.3) is 0 Å². The van der Waals surface area contributed by atoms with E-state index >= 15 is 0 Å². The Labute approximate surface area is 128 Å². The lowest BCUT2D eigenvalue weighted by atomic mass is 10.1. The first kappa shape index (κ1) is 15.8. The molecule has 2 rings (SSSR count). The minimum Gasteiger partial charge on any atom is -0.374 e. The zero-order valence-electron chi connectivity index (χ0n) is 13.5. The monoisotopic (exact) mass is 289 g/mol. The van der Waals surface area contributed by atoms with Crippen LogP contribution in [-0.2, 0) is 17.9 Å². The molecule has 0 bridgehead atoms. The van der Waals surface area contributed by atoms with Gasteiger partial charge in [-0.2, -0.15) is 0 Å². The average Bonchev–Trinajstić information content (AvgIpc) is 3.17. The number of hydrogen-bond acceptors (Lipinski definition) is 2.